The Kier molecular flexibility index (Phi) is 9.70. The summed E-state index contributed by atoms with van der Waals surface area (Å²) in [4.78, 5) is 8.26. The molecule has 1 unspecified atom stereocenters. The van der Waals surface area contributed by atoms with Gasteiger partial charge in [0.15, 0.2) is 5.96 Å². The summed E-state index contributed by atoms with van der Waals surface area (Å²) in [5.41, 5.74) is 0. The summed E-state index contributed by atoms with van der Waals surface area (Å²) < 4.78 is 25.5. The van der Waals surface area contributed by atoms with Gasteiger partial charge in [-0.05, 0) is 56.6 Å². The van der Waals surface area contributed by atoms with Gasteiger partial charge in [0.05, 0.1) is 11.8 Å². The van der Waals surface area contributed by atoms with Crippen molar-refractivity contribution in [2.45, 2.75) is 39.2 Å². The summed E-state index contributed by atoms with van der Waals surface area (Å²) in [6.07, 6.45) is 3.21. The molecule has 160 valence electrons. The van der Waals surface area contributed by atoms with Crippen LogP contribution in [0.1, 0.15) is 44.0 Å². The van der Waals surface area contributed by atoms with Gasteiger partial charge in [-0.15, -0.1) is 11.3 Å². The van der Waals surface area contributed by atoms with Crippen molar-refractivity contribution in [3.8, 4) is 0 Å². The van der Waals surface area contributed by atoms with E-state index in [0.717, 1.165) is 31.5 Å². The Morgan fingerprint density at radius 3 is 2.68 bits per heavy atom. The van der Waals surface area contributed by atoms with Crippen molar-refractivity contribution in [3.05, 3.63) is 22.4 Å². The lowest BCUT2D eigenvalue weighted by Crippen LogP contribution is -2.45. The third kappa shape index (κ3) is 7.69. The molecular formula is C19H35N5O2S2. The molecule has 2 heterocycles. The van der Waals surface area contributed by atoms with E-state index < -0.39 is 10.0 Å². The first kappa shape index (κ1) is 23.1. The lowest BCUT2D eigenvalue weighted by molar-refractivity contribution is 0.140. The van der Waals surface area contributed by atoms with E-state index in [1.807, 2.05) is 0 Å². The molecule has 0 bridgehead atoms. The van der Waals surface area contributed by atoms with Crippen LogP contribution in [0.15, 0.2) is 22.5 Å². The minimum Gasteiger partial charge on any atom is -0.356 e. The molecule has 0 aromatic carbocycles. The van der Waals surface area contributed by atoms with Gasteiger partial charge in [-0.2, -0.15) is 0 Å². The van der Waals surface area contributed by atoms with Crippen LogP contribution < -0.4 is 15.4 Å². The normalized spacial score (nSPS) is 18.2. The van der Waals surface area contributed by atoms with Crippen LogP contribution in [0.25, 0.3) is 0 Å². The molecule has 2 rings (SSSR count). The predicted molar refractivity (Wildman–Crippen MR) is 118 cm³/mol. The first-order valence-electron chi connectivity index (χ1n) is 10.1. The number of piperidine rings is 1. The Labute approximate surface area is 174 Å². The highest BCUT2D eigenvalue weighted by molar-refractivity contribution is 7.89. The van der Waals surface area contributed by atoms with Gasteiger partial charge in [0.2, 0.25) is 10.0 Å². The topological polar surface area (TPSA) is 85.8 Å². The van der Waals surface area contributed by atoms with Gasteiger partial charge >= 0.3 is 0 Å². The van der Waals surface area contributed by atoms with Crippen molar-refractivity contribution in [1.29, 1.82) is 0 Å². The molecule has 1 aliphatic rings. The lowest BCUT2D eigenvalue weighted by Gasteiger charge is -2.36. The third-order valence-corrected chi connectivity index (χ3v) is 7.54. The second kappa shape index (κ2) is 11.7. The fourth-order valence-electron chi connectivity index (χ4n) is 3.27. The molecule has 28 heavy (non-hydrogen) atoms. The molecule has 1 atom stereocenters. The zero-order valence-electron chi connectivity index (χ0n) is 17.3. The largest absolute Gasteiger partial charge is 0.356 e. The number of nitrogens with zero attached hydrogens (tertiary/aromatic N) is 2. The van der Waals surface area contributed by atoms with Gasteiger partial charge < -0.3 is 10.6 Å². The van der Waals surface area contributed by atoms with E-state index in [0.29, 0.717) is 25.6 Å². The third-order valence-electron chi connectivity index (χ3n) is 5.17. The van der Waals surface area contributed by atoms with Crippen LogP contribution in [0.3, 0.4) is 0 Å². The van der Waals surface area contributed by atoms with E-state index in [-0.39, 0.29) is 5.75 Å². The van der Waals surface area contributed by atoms with Crippen molar-refractivity contribution >= 4 is 27.3 Å². The average Bonchev–Trinajstić information content (AvgIpc) is 3.22. The highest BCUT2D eigenvalue weighted by Gasteiger charge is 2.25. The van der Waals surface area contributed by atoms with E-state index in [2.05, 4.69) is 49.7 Å². The minimum atomic E-state index is -3.12. The molecule has 9 heteroatoms. The second-order valence-electron chi connectivity index (χ2n) is 7.28. The van der Waals surface area contributed by atoms with Crippen molar-refractivity contribution in [1.82, 2.24) is 20.3 Å². The van der Waals surface area contributed by atoms with Crippen LogP contribution >= 0.6 is 11.3 Å². The Balaban J connectivity index is 1.80. The lowest BCUT2D eigenvalue weighted by atomic mass is 9.97. The SMILES string of the molecule is CCS(=O)(=O)NCCCNC(=NC)NCC(c1cccs1)N1CCC(C)CC1. The molecule has 1 fully saturated rings. The molecule has 0 amide bonds. The number of hydrogen-bond donors (Lipinski definition) is 3. The molecule has 1 aliphatic heterocycles. The molecule has 0 radical (unpaired) electrons. The summed E-state index contributed by atoms with van der Waals surface area (Å²) in [6, 6.07) is 4.68. The fraction of sp³-hybridized carbons (Fsp3) is 0.737. The summed E-state index contributed by atoms with van der Waals surface area (Å²) in [7, 11) is -1.36. The monoisotopic (exact) mass is 429 g/mol. The molecule has 0 spiro atoms. The number of guanidine groups is 1. The number of aliphatic imine (C=N–C) groups is 1. The number of sulfonamides is 1. The van der Waals surface area contributed by atoms with Crippen LogP contribution in [0.5, 0.6) is 0 Å². The minimum absolute atomic E-state index is 0.114. The summed E-state index contributed by atoms with van der Waals surface area (Å²) in [5, 5.41) is 8.86. The highest BCUT2D eigenvalue weighted by Crippen LogP contribution is 2.28. The maximum Gasteiger partial charge on any atom is 0.211 e. The van der Waals surface area contributed by atoms with Gasteiger partial charge in [-0.1, -0.05) is 13.0 Å². The van der Waals surface area contributed by atoms with E-state index in [1.54, 1.807) is 25.3 Å². The van der Waals surface area contributed by atoms with Crippen LogP contribution in [0, 0.1) is 5.92 Å². The van der Waals surface area contributed by atoms with Gasteiger partial charge in [0, 0.05) is 31.6 Å². The van der Waals surface area contributed by atoms with Crippen LogP contribution in [-0.2, 0) is 10.0 Å². The summed E-state index contributed by atoms with van der Waals surface area (Å²) >= 11 is 1.81. The number of nitrogens with one attached hydrogen (secondary N) is 3. The molecular weight excluding hydrogens is 394 g/mol. The van der Waals surface area contributed by atoms with E-state index in [1.165, 1.54) is 17.7 Å². The van der Waals surface area contributed by atoms with Crippen LogP contribution in [-0.4, -0.2) is 64.8 Å². The van der Waals surface area contributed by atoms with E-state index in [4.69, 9.17) is 0 Å². The van der Waals surface area contributed by atoms with Gasteiger partial charge in [-0.25, -0.2) is 13.1 Å². The standard InChI is InChI=1S/C19H35N5O2S2/c1-4-28(25,26)23-11-6-10-21-19(20-3)22-15-17(18-7-5-14-27-18)24-12-8-16(2)9-13-24/h5,7,14,16-17,23H,4,6,8-13,15H2,1-3H3,(H2,20,21,22). The Morgan fingerprint density at radius 2 is 2.07 bits per heavy atom. The quantitative estimate of drug-likeness (QED) is 0.301. The van der Waals surface area contributed by atoms with Crippen LogP contribution in [0.4, 0.5) is 0 Å². The van der Waals surface area contributed by atoms with Crippen molar-refractivity contribution in [2.75, 3.05) is 45.5 Å². The van der Waals surface area contributed by atoms with Gasteiger partial charge in [-0.3, -0.25) is 9.89 Å². The molecule has 3 N–H and O–H groups in total. The van der Waals surface area contributed by atoms with Gasteiger partial charge in [0.1, 0.15) is 0 Å². The van der Waals surface area contributed by atoms with Crippen molar-refractivity contribution in [3.63, 3.8) is 0 Å². The average molecular weight is 430 g/mol. The number of thiophene rings is 1. The maximum atomic E-state index is 11.4. The first-order chi connectivity index (χ1) is 13.4. The first-order valence-corrected chi connectivity index (χ1v) is 12.7. The van der Waals surface area contributed by atoms with E-state index in [9.17, 15) is 8.42 Å². The number of rotatable bonds is 10. The Morgan fingerprint density at radius 1 is 1.32 bits per heavy atom. The molecule has 1 saturated heterocycles. The fourth-order valence-corrected chi connectivity index (χ4v) is 4.79. The van der Waals surface area contributed by atoms with Crippen LogP contribution in [0.2, 0.25) is 0 Å². The Hall–Kier alpha value is -1.16. The molecule has 0 saturated carbocycles. The smallest absolute Gasteiger partial charge is 0.211 e. The Bertz CT molecular complexity index is 683. The summed E-state index contributed by atoms with van der Waals surface area (Å²) in [6.45, 7) is 8.14. The van der Waals surface area contributed by atoms with Gasteiger partial charge in [0.25, 0.3) is 0 Å². The zero-order valence-corrected chi connectivity index (χ0v) is 18.9. The molecule has 1 aromatic rings. The molecule has 1 aromatic heterocycles. The second-order valence-corrected chi connectivity index (χ2v) is 10.4. The zero-order chi connectivity index (χ0) is 20.4. The highest BCUT2D eigenvalue weighted by atomic mass is 32.2. The van der Waals surface area contributed by atoms with Crippen molar-refractivity contribution in [2.24, 2.45) is 10.9 Å². The number of hydrogen-bond acceptors (Lipinski definition) is 5. The summed E-state index contributed by atoms with van der Waals surface area (Å²) in [5.74, 6) is 1.68. The molecule has 0 aliphatic carbocycles. The predicted octanol–water partition coefficient (Wildman–Crippen LogP) is 2.02. The maximum absolute atomic E-state index is 11.4. The molecule has 7 nitrogen and oxygen atoms in total. The van der Waals surface area contributed by atoms with Crippen molar-refractivity contribution < 1.29 is 8.42 Å². The van der Waals surface area contributed by atoms with E-state index >= 15 is 0 Å². The number of likely N-dealkylation sites (tertiary alicyclic amines) is 1.